The molecular weight excluding hydrogens is 372 g/mol. The number of anilines is 2. The fraction of sp³-hybridized carbons (Fsp3) is 0.381. The SMILES string of the molecule is C=CC(=O)N(Cc1cc2n(n1)CCCO2)c1ccc2c(c1)CCN2C(=O)COC. The third-order valence-electron chi connectivity index (χ3n) is 5.16. The molecule has 1 aromatic carbocycles. The minimum Gasteiger partial charge on any atom is -0.478 e. The largest absolute Gasteiger partial charge is 0.478 e. The molecule has 0 fully saturated rings. The smallest absolute Gasteiger partial charge is 0.252 e. The molecule has 0 aliphatic carbocycles. The molecule has 3 heterocycles. The molecule has 0 atom stereocenters. The second kappa shape index (κ2) is 8.08. The van der Waals surface area contributed by atoms with Crippen LogP contribution in [-0.4, -0.2) is 48.5 Å². The van der Waals surface area contributed by atoms with E-state index in [-0.39, 0.29) is 18.4 Å². The first kappa shape index (κ1) is 19.2. The van der Waals surface area contributed by atoms with Crippen molar-refractivity contribution in [2.75, 3.05) is 36.7 Å². The summed E-state index contributed by atoms with van der Waals surface area (Å²) in [7, 11) is 1.51. The Bertz CT molecular complexity index is 929. The van der Waals surface area contributed by atoms with Crippen molar-refractivity contribution in [3.8, 4) is 5.88 Å². The van der Waals surface area contributed by atoms with Gasteiger partial charge in [0, 0.05) is 44.1 Å². The van der Waals surface area contributed by atoms with Gasteiger partial charge in [-0.05, 0) is 36.3 Å². The van der Waals surface area contributed by atoms with Crippen molar-refractivity contribution in [2.24, 2.45) is 0 Å². The summed E-state index contributed by atoms with van der Waals surface area (Å²) in [6, 6.07) is 7.57. The average Bonchev–Trinajstić information content (AvgIpc) is 3.34. The van der Waals surface area contributed by atoms with Crippen LogP contribution < -0.4 is 14.5 Å². The summed E-state index contributed by atoms with van der Waals surface area (Å²) in [5.74, 6) is 0.460. The van der Waals surface area contributed by atoms with Crippen LogP contribution in [-0.2, 0) is 33.8 Å². The molecule has 2 aromatic rings. The van der Waals surface area contributed by atoms with Gasteiger partial charge in [0.2, 0.25) is 5.88 Å². The lowest BCUT2D eigenvalue weighted by atomic mass is 10.1. The molecule has 0 saturated heterocycles. The summed E-state index contributed by atoms with van der Waals surface area (Å²) in [6.45, 7) is 6.11. The lowest BCUT2D eigenvalue weighted by molar-refractivity contribution is -0.122. The van der Waals surface area contributed by atoms with Gasteiger partial charge in [0.1, 0.15) is 6.61 Å². The van der Waals surface area contributed by atoms with Gasteiger partial charge in [0.25, 0.3) is 11.8 Å². The lowest BCUT2D eigenvalue weighted by Gasteiger charge is -2.22. The Balaban J connectivity index is 1.59. The van der Waals surface area contributed by atoms with Gasteiger partial charge in [-0.1, -0.05) is 6.58 Å². The van der Waals surface area contributed by atoms with Crippen LogP contribution in [0.4, 0.5) is 11.4 Å². The number of amides is 2. The van der Waals surface area contributed by atoms with Crippen LogP contribution in [0.2, 0.25) is 0 Å². The van der Waals surface area contributed by atoms with Crippen LogP contribution in [0.5, 0.6) is 5.88 Å². The topological polar surface area (TPSA) is 76.9 Å². The fourth-order valence-corrected chi connectivity index (χ4v) is 3.78. The summed E-state index contributed by atoms with van der Waals surface area (Å²) >= 11 is 0. The molecule has 0 N–H and O–H groups in total. The molecule has 0 radical (unpaired) electrons. The lowest BCUT2D eigenvalue weighted by Crippen LogP contribution is -2.32. The molecule has 29 heavy (non-hydrogen) atoms. The van der Waals surface area contributed by atoms with Crippen molar-refractivity contribution in [3.05, 3.63) is 48.2 Å². The monoisotopic (exact) mass is 396 g/mol. The van der Waals surface area contributed by atoms with E-state index in [0.717, 1.165) is 47.9 Å². The van der Waals surface area contributed by atoms with Crippen LogP contribution in [0.25, 0.3) is 0 Å². The quantitative estimate of drug-likeness (QED) is 0.698. The van der Waals surface area contributed by atoms with Crippen LogP contribution in [0.3, 0.4) is 0 Å². The van der Waals surface area contributed by atoms with Gasteiger partial charge in [0.15, 0.2) is 0 Å². The van der Waals surface area contributed by atoms with Crippen molar-refractivity contribution < 1.29 is 19.1 Å². The van der Waals surface area contributed by atoms with E-state index < -0.39 is 0 Å². The number of carbonyl (C=O) groups excluding carboxylic acids is 2. The number of aromatic nitrogens is 2. The fourth-order valence-electron chi connectivity index (χ4n) is 3.78. The number of nitrogens with zero attached hydrogens (tertiary/aromatic N) is 4. The van der Waals surface area contributed by atoms with Gasteiger partial charge >= 0.3 is 0 Å². The van der Waals surface area contributed by atoms with E-state index in [4.69, 9.17) is 9.47 Å². The molecule has 0 unspecified atom stereocenters. The van der Waals surface area contributed by atoms with E-state index >= 15 is 0 Å². The molecule has 0 spiro atoms. The van der Waals surface area contributed by atoms with Crippen LogP contribution in [0, 0.1) is 0 Å². The van der Waals surface area contributed by atoms with Gasteiger partial charge in [-0.15, -0.1) is 0 Å². The Morgan fingerprint density at radius 1 is 1.34 bits per heavy atom. The highest BCUT2D eigenvalue weighted by atomic mass is 16.5. The van der Waals surface area contributed by atoms with Gasteiger partial charge < -0.3 is 19.3 Å². The standard InChI is InChI=1S/C21H24N4O4/c1-3-19(26)24(13-16-12-21-25(22-16)8-4-10-29-21)17-5-6-18-15(11-17)7-9-23(18)20(27)14-28-2/h3,5-6,11-12H,1,4,7-10,13-14H2,2H3. The number of ether oxygens (including phenoxy) is 2. The summed E-state index contributed by atoms with van der Waals surface area (Å²) in [6.07, 6.45) is 2.96. The number of methoxy groups -OCH3 is 1. The maximum atomic E-state index is 12.6. The number of hydrogen-bond acceptors (Lipinski definition) is 5. The highest BCUT2D eigenvalue weighted by molar-refractivity contribution is 6.02. The molecule has 2 amide bonds. The number of hydrogen-bond donors (Lipinski definition) is 0. The summed E-state index contributed by atoms with van der Waals surface area (Å²) in [5.41, 5.74) is 3.41. The minimum atomic E-state index is -0.206. The van der Waals surface area contributed by atoms with Crippen LogP contribution in [0.1, 0.15) is 17.7 Å². The highest BCUT2D eigenvalue weighted by Crippen LogP contribution is 2.32. The Kier molecular flexibility index (Phi) is 5.35. The first-order valence-corrected chi connectivity index (χ1v) is 9.66. The zero-order valence-corrected chi connectivity index (χ0v) is 16.5. The number of aryl methyl sites for hydroxylation is 1. The van der Waals surface area contributed by atoms with E-state index in [1.807, 2.05) is 28.9 Å². The molecule has 152 valence electrons. The van der Waals surface area contributed by atoms with Crippen molar-refractivity contribution in [3.63, 3.8) is 0 Å². The second-order valence-electron chi connectivity index (χ2n) is 7.07. The summed E-state index contributed by atoms with van der Waals surface area (Å²) < 4.78 is 12.4. The van der Waals surface area contributed by atoms with Gasteiger partial charge in [-0.3, -0.25) is 9.59 Å². The van der Waals surface area contributed by atoms with Crippen molar-refractivity contribution in [1.82, 2.24) is 9.78 Å². The van der Waals surface area contributed by atoms with E-state index in [9.17, 15) is 9.59 Å². The maximum absolute atomic E-state index is 12.6. The maximum Gasteiger partial charge on any atom is 0.252 e. The molecule has 8 heteroatoms. The number of carbonyl (C=O) groups is 2. The molecule has 8 nitrogen and oxygen atoms in total. The molecule has 0 bridgehead atoms. The van der Waals surface area contributed by atoms with E-state index in [1.54, 1.807) is 9.80 Å². The van der Waals surface area contributed by atoms with Gasteiger partial charge in [-0.25, -0.2) is 4.68 Å². The van der Waals surface area contributed by atoms with Crippen molar-refractivity contribution in [2.45, 2.75) is 25.9 Å². The third-order valence-corrected chi connectivity index (χ3v) is 5.16. The normalized spacial score (nSPS) is 14.7. The zero-order chi connectivity index (χ0) is 20.4. The Hall–Kier alpha value is -3.13. The average molecular weight is 396 g/mol. The Morgan fingerprint density at radius 3 is 2.97 bits per heavy atom. The van der Waals surface area contributed by atoms with Crippen molar-refractivity contribution >= 4 is 23.2 Å². The number of rotatable bonds is 6. The first-order valence-electron chi connectivity index (χ1n) is 9.66. The Morgan fingerprint density at radius 2 is 2.21 bits per heavy atom. The number of benzene rings is 1. The molecule has 0 saturated carbocycles. The predicted molar refractivity (Wildman–Crippen MR) is 108 cm³/mol. The molecule has 1 aromatic heterocycles. The summed E-state index contributed by atoms with van der Waals surface area (Å²) in [4.78, 5) is 28.2. The summed E-state index contributed by atoms with van der Waals surface area (Å²) in [5, 5.41) is 4.56. The van der Waals surface area contributed by atoms with E-state index in [1.165, 1.54) is 13.2 Å². The zero-order valence-electron chi connectivity index (χ0n) is 16.5. The molecule has 2 aliphatic heterocycles. The Labute approximate surface area is 169 Å². The first-order chi connectivity index (χ1) is 14.1. The molecule has 2 aliphatic rings. The van der Waals surface area contributed by atoms with E-state index in [2.05, 4.69) is 11.7 Å². The van der Waals surface area contributed by atoms with Crippen molar-refractivity contribution in [1.29, 1.82) is 0 Å². The number of fused-ring (bicyclic) bond motifs is 2. The third kappa shape index (κ3) is 3.75. The second-order valence-corrected chi connectivity index (χ2v) is 7.07. The molecule has 4 rings (SSSR count). The van der Waals surface area contributed by atoms with Crippen LogP contribution >= 0.6 is 0 Å². The van der Waals surface area contributed by atoms with Gasteiger partial charge in [0.05, 0.1) is 18.8 Å². The van der Waals surface area contributed by atoms with E-state index in [0.29, 0.717) is 19.7 Å². The highest BCUT2D eigenvalue weighted by Gasteiger charge is 2.26. The van der Waals surface area contributed by atoms with Gasteiger partial charge in [-0.2, -0.15) is 5.10 Å². The minimum absolute atomic E-state index is 0.0509. The predicted octanol–water partition coefficient (Wildman–Crippen LogP) is 1.92. The van der Waals surface area contributed by atoms with Crippen LogP contribution in [0.15, 0.2) is 36.9 Å². The molecular formula is C21H24N4O4.